The molecular formula is C27H34FNO5. The van der Waals surface area contributed by atoms with Crippen molar-refractivity contribution in [3.05, 3.63) is 58.7 Å². The maximum absolute atomic E-state index is 13.7. The number of carbonyl (C=O) groups excluding carboxylic acids is 2. The standard InChI is InChI=1S/C27H34FNO5/c1-16(2)26-22(12-11-20(30)13-21(31)14-24(32)34-6)25(18-7-9-19(28)10-8-18)23(15-33-5)27(29-26)17(3)4/h7-12,16-17,20,30H,13-15H2,1-6H3/b12-11+/t20-/m1/s1. The van der Waals surface area contributed by atoms with E-state index in [1.165, 1.54) is 25.3 Å². The highest BCUT2D eigenvalue weighted by Crippen LogP contribution is 2.37. The van der Waals surface area contributed by atoms with Gasteiger partial charge in [0.1, 0.15) is 18.0 Å². The highest BCUT2D eigenvalue weighted by molar-refractivity contribution is 5.95. The van der Waals surface area contributed by atoms with E-state index < -0.39 is 17.9 Å². The SMILES string of the molecule is COCc1c(C(C)C)nc(C(C)C)c(/C=C/[C@@H](O)CC(=O)CC(=O)OC)c1-c1ccc(F)cc1. The van der Waals surface area contributed by atoms with Crippen LogP contribution in [-0.4, -0.2) is 42.2 Å². The molecule has 1 aromatic heterocycles. The van der Waals surface area contributed by atoms with Crippen molar-refractivity contribution in [1.29, 1.82) is 0 Å². The largest absolute Gasteiger partial charge is 0.469 e. The normalized spacial score (nSPS) is 12.5. The van der Waals surface area contributed by atoms with Gasteiger partial charge in [0, 0.05) is 30.4 Å². The third-order valence-corrected chi connectivity index (χ3v) is 5.40. The predicted octanol–water partition coefficient (Wildman–Crippen LogP) is 5.18. The second-order valence-electron chi connectivity index (χ2n) is 8.82. The first-order valence-corrected chi connectivity index (χ1v) is 11.3. The molecule has 34 heavy (non-hydrogen) atoms. The fourth-order valence-corrected chi connectivity index (χ4v) is 3.81. The molecule has 1 heterocycles. The molecule has 0 unspecified atom stereocenters. The Hall–Kier alpha value is -2.90. The number of nitrogens with zero attached hydrogens (tertiary/aromatic N) is 1. The van der Waals surface area contributed by atoms with Gasteiger partial charge in [-0.3, -0.25) is 14.6 Å². The zero-order chi connectivity index (χ0) is 25.4. The molecule has 0 saturated heterocycles. The zero-order valence-corrected chi connectivity index (χ0v) is 20.7. The Bertz CT molecular complexity index is 1030. The first-order chi connectivity index (χ1) is 16.1. The van der Waals surface area contributed by atoms with Crippen molar-refractivity contribution in [3.8, 4) is 11.1 Å². The lowest BCUT2D eigenvalue weighted by atomic mass is 9.87. The summed E-state index contributed by atoms with van der Waals surface area (Å²) in [5.74, 6) is -1.21. The Morgan fingerprint density at radius 3 is 2.21 bits per heavy atom. The van der Waals surface area contributed by atoms with Crippen LogP contribution in [0.15, 0.2) is 30.3 Å². The van der Waals surface area contributed by atoms with E-state index in [1.54, 1.807) is 25.3 Å². The van der Waals surface area contributed by atoms with E-state index in [0.717, 1.165) is 33.6 Å². The molecule has 0 amide bonds. The van der Waals surface area contributed by atoms with Gasteiger partial charge < -0.3 is 14.6 Å². The quantitative estimate of drug-likeness (QED) is 0.359. The second kappa shape index (κ2) is 12.5. The van der Waals surface area contributed by atoms with Crippen molar-refractivity contribution in [1.82, 2.24) is 4.98 Å². The fraction of sp³-hybridized carbons (Fsp3) is 0.444. The number of pyridine rings is 1. The summed E-state index contributed by atoms with van der Waals surface area (Å²) in [5.41, 5.74) is 5.05. The van der Waals surface area contributed by atoms with Gasteiger partial charge in [0.2, 0.25) is 0 Å². The van der Waals surface area contributed by atoms with Gasteiger partial charge in [-0.15, -0.1) is 0 Å². The third-order valence-electron chi connectivity index (χ3n) is 5.40. The topological polar surface area (TPSA) is 85.7 Å². The van der Waals surface area contributed by atoms with Crippen LogP contribution < -0.4 is 0 Å². The first kappa shape index (κ1) is 27.3. The molecule has 0 fully saturated rings. The molecule has 184 valence electrons. The number of halogens is 1. The fourth-order valence-electron chi connectivity index (χ4n) is 3.81. The average molecular weight is 472 g/mol. The molecule has 0 bridgehead atoms. The molecule has 0 aliphatic heterocycles. The molecule has 0 radical (unpaired) electrons. The van der Waals surface area contributed by atoms with E-state index in [0.29, 0.717) is 6.61 Å². The second-order valence-corrected chi connectivity index (χ2v) is 8.82. The average Bonchev–Trinajstić information content (AvgIpc) is 2.77. The van der Waals surface area contributed by atoms with Crippen molar-refractivity contribution in [2.75, 3.05) is 14.2 Å². The molecule has 0 aliphatic rings. The molecule has 1 N–H and O–H groups in total. The molecule has 1 aromatic carbocycles. The van der Waals surface area contributed by atoms with Gasteiger partial charge >= 0.3 is 5.97 Å². The van der Waals surface area contributed by atoms with Crippen molar-refractivity contribution < 1.29 is 28.6 Å². The number of ketones is 1. The summed E-state index contributed by atoms with van der Waals surface area (Å²) in [6, 6.07) is 6.24. The van der Waals surface area contributed by atoms with E-state index >= 15 is 0 Å². The zero-order valence-electron chi connectivity index (χ0n) is 20.7. The number of hydrogen-bond donors (Lipinski definition) is 1. The summed E-state index contributed by atoms with van der Waals surface area (Å²) >= 11 is 0. The van der Waals surface area contributed by atoms with Gasteiger partial charge in [0.05, 0.1) is 25.5 Å². The number of ether oxygens (including phenoxy) is 2. The van der Waals surface area contributed by atoms with Gasteiger partial charge in [0.25, 0.3) is 0 Å². The lowest BCUT2D eigenvalue weighted by molar-refractivity contribution is -0.143. The van der Waals surface area contributed by atoms with Gasteiger partial charge in [-0.25, -0.2) is 4.39 Å². The van der Waals surface area contributed by atoms with Crippen LogP contribution in [0.1, 0.15) is 74.9 Å². The molecule has 1 atom stereocenters. The molecule has 6 nitrogen and oxygen atoms in total. The van der Waals surface area contributed by atoms with Crippen LogP contribution in [0.5, 0.6) is 0 Å². The Kier molecular flexibility index (Phi) is 10.1. The molecule has 0 aliphatic carbocycles. The van der Waals surface area contributed by atoms with Crippen LogP contribution in [-0.2, 0) is 25.7 Å². The summed E-state index contributed by atoms with van der Waals surface area (Å²) in [5, 5.41) is 10.5. The number of aromatic nitrogens is 1. The smallest absolute Gasteiger partial charge is 0.313 e. The van der Waals surface area contributed by atoms with Gasteiger partial charge in [0.15, 0.2) is 0 Å². The van der Waals surface area contributed by atoms with Crippen LogP contribution in [0.2, 0.25) is 0 Å². The molecule has 0 spiro atoms. The van der Waals surface area contributed by atoms with Crippen LogP contribution in [0.25, 0.3) is 17.2 Å². The maximum atomic E-state index is 13.7. The molecule has 0 saturated carbocycles. The Morgan fingerprint density at radius 2 is 1.68 bits per heavy atom. The van der Waals surface area contributed by atoms with E-state index in [1.807, 2.05) is 13.8 Å². The number of methoxy groups -OCH3 is 2. The van der Waals surface area contributed by atoms with E-state index in [-0.39, 0.29) is 30.5 Å². The van der Waals surface area contributed by atoms with Crippen LogP contribution in [0.3, 0.4) is 0 Å². The lowest BCUT2D eigenvalue weighted by Crippen LogP contribution is -2.15. The van der Waals surface area contributed by atoms with Gasteiger partial charge in [-0.1, -0.05) is 52.0 Å². The first-order valence-electron chi connectivity index (χ1n) is 11.3. The van der Waals surface area contributed by atoms with E-state index in [4.69, 9.17) is 9.72 Å². The lowest BCUT2D eigenvalue weighted by Gasteiger charge is -2.23. The number of carbonyl (C=O) groups is 2. The predicted molar refractivity (Wildman–Crippen MR) is 130 cm³/mol. The van der Waals surface area contributed by atoms with Gasteiger partial charge in [-0.2, -0.15) is 0 Å². The summed E-state index contributed by atoms with van der Waals surface area (Å²) in [4.78, 5) is 28.3. The maximum Gasteiger partial charge on any atom is 0.313 e. The summed E-state index contributed by atoms with van der Waals surface area (Å²) in [6.07, 6.45) is 1.59. The van der Waals surface area contributed by atoms with Crippen LogP contribution in [0.4, 0.5) is 4.39 Å². The molecule has 2 rings (SSSR count). The summed E-state index contributed by atoms with van der Waals surface area (Å²) in [7, 11) is 2.82. The summed E-state index contributed by atoms with van der Waals surface area (Å²) < 4.78 is 23.7. The van der Waals surface area contributed by atoms with Crippen molar-refractivity contribution in [3.63, 3.8) is 0 Å². The molecule has 7 heteroatoms. The minimum absolute atomic E-state index is 0.0612. The Labute approximate surface area is 200 Å². The summed E-state index contributed by atoms with van der Waals surface area (Å²) in [6.45, 7) is 8.50. The minimum Gasteiger partial charge on any atom is -0.469 e. The minimum atomic E-state index is -1.09. The number of rotatable bonds is 11. The number of benzene rings is 1. The van der Waals surface area contributed by atoms with Crippen molar-refractivity contribution in [2.24, 2.45) is 0 Å². The number of Topliss-reactive ketones (excluding diaryl/α,β-unsaturated/α-hetero) is 1. The highest BCUT2D eigenvalue weighted by atomic mass is 19.1. The number of hydrogen-bond acceptors (Lipinski definition) is 6. The number of aliphatic hydroxyl groups is 1. The van der Waals surface area contributed by atoms with Crippen molar-refractivity contribution >= 4 is 17.8 Å². The Balaban J connectivity index is 2.65. The Morgan fingerprint density at radius 1 is 1.06 bits per heavy atom. The van der Waals surface area contributed by atoms with Gasteiger partial charge in [-0.05, 0) is 35.1 Å². The van der Waals surface area contributed by atoms with Crippen LogP contribution in [0, 0.1) is 5.82 Å². The molecule has 2 aromatic rings. The third kappa shape index (κ3) is 7.05. The number of esters is 1. The van der Waals surface area contributed by atoms with Crippen LogP contribution >= 0.6 is 0 Å². The van der Waals surface area contributed by atoms with Crippen molar-refractivity contribution in [2.45, 2.75) is 65.1 Å². The van der Waals surface area contributed by atoms with E-state index in [2.05, 4.69) is 18.6 Å². The molecular weight excluding hydrogens is 437 g/mol. The van der Waals surface area contributed by atoms with E-state index in [9.17, 15) is 19.1 Å². The number of aliphatic hydroxyl groups excluding tert-OH is 1. The monoisotopic (exact) mass is 471 g/mol. The highest BCUT2D eigenvalue weighted by Gasteiger charge is 2.23.